The van der Waals surface area contributed by atoms with E-state index in [1.807, 2.05) is 48.5 Å². The smallest absolute Gasteiger partial charge is 0.175 e. The Hall–Kier alpha value is -3.48. The maximum absolute atomic E-state index is 6.95. The topological polar surface area (TPSA) is 68.8 Å². The van der Waals surface area contributed by atoms with E-state index in [9.17, 15) is 0 Å². The maximum Gasteiger partial charge on any atom is 0.175 e. The van der Waals surface area contributed by atoms with E-state index < -0.39 is 16.9 Å². The van der Waals surface area contributed by atoms with E-state index in [2.05, 4.69) is 36.6 Å². The van der Waals surface area contributed by atoms with Crippen LogP contribution in [-0.2, 0) is 25.9 Å². The molecule has 2 unspecified atom stereocenters. The molecule has 0 amide bonds. The van der Waals surface area contributed by atoms with Crippen LogP contribution < -0.4 is 20.1 Å². The molecule has 2 aliphatic rings. The molecule has 0 fully saturated rings. The van der Waals surface area contributed by atoms with Gasteiger partial charge in [-0.3, -0.25) is 10.6 Å². The number of ether oxygens (including phenoxy) is 2. The van der Waals surface area contributed by atoms with Crippen molar-refractivity contribution < 1.29 is 18.3 Å². The molecule has 180 valence electrons. The van der Waals surface area contributed by atoms with E-state index in [-0.39, 0.29) is 0 Å². The minimum atomic E-state index is -0.797. The van der Waals surface area contributed by atoms with Gasteiger partial charge < -0.3 is 18.3 Å². The second-order valence-corrected chi connectivity index (χ2v) is 10.0. The van der Waals surface area contributed by atoms with E-state index in [0.717, 1.165) is 33.8 Å². The largest absolute Gasteiger partial charge is 0.472 e. The standard InChI is InChI=1S/C29H30N2O4/c1-27(2,28(15-21-11-13-32-19-21)30-17-23-7-3-5-9-25(23)34-28)29(16-22-12-14-33-20-22)31-18-24-8-4-6-10-26(24)35-29/h3-14,19-20,30-31H,15-18H2,1-2H3. The molecule has 0 saturated carbocycles. The second kappa shape index (κ2) is 8.33. The summed E-state index contributed by atoms with van der Waals surface area (Å²) in [5.74, 6) is 1.77. The van der Waals surface area contributed by atoms with E-state index in [0.29, 0.717) is 25.9 Å². The molecular weight excluding hydrogens is 440 g/mol. The van der Waals surface area contributed by atoms with Crippen LogP contribution in [0.2, 0.25) is 0 Å². The number of para-hydroxylation sites is 2. The van der Waals surface area contributed by atoms with Crippen molar-refractivity contribution in [1.29, 1.82) is 0 Å². The molecule has 0 bridgehead atoms. The third-order valence-corrected chi connectivity index (χ3v) is 7.73. The van der Waals surface area contributed by atoms with Crippen LogP contribution in [0, 0.1) is 5.41 Å². The van der Waals surface area contributed by atoms with E-state index >= 15 is 0 Å². The molecule has 0 radical (unpaired) electrons. The number of hydrogen-bond acceptors (Lipinski definition) is 6. The highest BCUT2D eigenvalue weighted by atomic mass is 16.5. The van der Waals surface area contributed by atoms with Crippen molar-refractivity contribution in [1.82, 2.24) is 10.6 Å². The molecule has 0 saturated heterocycles. The van der Waals surface area contributed by atoms with Gasteiger partial charge in [-0.2, -0.15) is 0 Å². The molecule has 35 heavy (non-hydrogen) atoms. The lowest BCUT2D eigenvalue weighted by Crippen LogP contribution is -2.76. The fourth-order valence-corrected chi connectivity index (χ4v) is 5.45. The molecule has 0 spiro atoms. The normalized spacial score (nSPS) is 23.6. The number of nitrogens with one attached hydrogen (secondary N) is 2. The molecule has 2 aromatic heterocycles. The Bertz CT molecular complexity index is 1200. The number of fused-ring (bicyclic) bond motifs is 2. The Morgan fingerprint density at radius 1 is 0.686 bits per heavy atom. The van der Waals surface area contributed by atoms with E-state index in [1.54, 1.807) is 25.1 Å². The van der Waals surface area contributed by atoms with Crippen molar-refractivity contribution >= 4 is 0 Å². The number of furan rings is 2. The van der Waals surface area contributed by atoms with Gasteiger partial charge in [0.15, 0.2) is 11.4 Å². The molecule has 4 heterocycles. The molecular formula is C29H30N2O4. The zero-order valence-corrected chi connectivity index (χ0v) is 20.0. The SMILES string of the molecule is CC(C)(C1(Cc2ccoc2)NCc2ccccc2O1)C1(Cc2ccoc2)NCc2ccccc2O1. The molecule has 0 aliphatic carbocycles. The minimum Gasteiger partial charge on any atom is -0.472 e. The van der Waals surface area contributed by atoms with Gasteiger partial charge in [0.1, 0.15) is 11.5 Å². The van der Waals surface area contributed by atoms with Gasteiger partial charge in [0.2, 0.25) is 0 Å². The summed E-state index contributed by atoms with van der Waals surface area (Å²) >= 11 is 0. The zero-order valence-electron chi connectivity index (χ0n) is 20.0. The van der Waals surface area contributed by atoms with Crippen molar-refractivity contribution in [3.63, 3.8) is 0 Å². The van der Waals surface area contributed by atoms with Gasteiger partial charge in [0.25, 0.3) is 0 Å². The van der Waals surface area contributed by atoms with Crippen molar-refractivity contribution in [2.45, 2.75) is 51.2 Å². The van der Waals surface area contributed by atoms with Crippen LogP contribution in [0.15, 0.2) is 94.6 Å². The lowest BCUT2D eigenvalue weighted by Gasteiger charge is -2.58. The molecule has 4 aromatic rings. The molecule has 6 rings (SSSR count). The maximum atomic E-state index is 6.95. The predicted octanol–water partition coefficient (Wildman–Crippen LogP) is 5.44. The van der Waals surface area contributed by atoms with Crippen LogP contribution in [-0.4, -0.2) is 11.4 Å². The average Bonchev–Trinajstić information content (AvgIpc) is 3.58. The van der Waals surface area contributed by atoms with Gasteiger partial charge >= 0.3 is 0 Å². The van der Waals surface area contributed by atoms with E-state index in [1.165, 1.54) is 0 Å². The third-order valence-electron chi connectivity index (χ3n) is 7.73. The summed E-state index contributed by atoms with van der Waals surface area (Å²) in [6.45, 7) is 5.82. The summed E-state index contributed by atoms with van der Waals surface area (Å²) in [6, 6.07) is 20.4. The quantitative estimate of drug-likeness (QED) is 0.391. The van der Waals surface area contributed by atoms with Crippen molar-refractivity contribution in [2.24, 2.45) is 5.41 Å². The highest BCUT2D eigenvalue weighted by molar-refractivity contribution is 5.39. The van der Waals surface area contributed by atoms with Gasteiger partial charge in [0, 0.05) is 37.1 Å². The highest BCUT2D eigenvalue weighted by Gasteiger charge is 2.63. The summed E-state index contributed by atoms with van der Waals surface area (Å²) in [5, 5.41) is 7.57. The van der Waals surface area contributed by atoms with Gasteiger partial charge in [-0.1, -0.05) is 36.4 Å². The summed E-state index contributed by atoms with van der Waals surface area (Å²) in [7, 11) is 0. The third kappa shape index (κ3) is 3.65. The fourth-order valence-electron chi connectivity index (χ4n) is 5.45. The Balaban J connectivity index is 1.48. The molecule has 2 aliphatic heterocycles. The zero-order chi connectivity index (χ0) is 23.9. The summed E-state index contributed by atoms with van der Waals surface area (Å²) in [4.78, 5) is 0. The fraction of sp³-hybridized carbons (Fsp3) is 0.310. The Labute approximate surface area is 205 Å². The lowest BCUT2D eigenvalue weighted by atomic mass is 9.66. The molecule has 2 N–H and O–H groups in total. The summed E-state index contributed by atoms with van der Waals surface area (Å²) < 4.78 is 24.8. The number of benzene rings is 2. The minimum absolute atomic E-state index is 0.588. The first-order chi connectivity index (χ1) is 17.0. The summed E-state index contributed by atoms with van der Waals surface area (Å²) in [6.07, 6.45) is 8.20. The van der Waals surface area contributed by atoms with Crippen LogP contribution in [0.3, 0.4) is 0 Å². The van der Waals surface area contributed by atoms with Crippen LogP contribution in [0.5, 0.6) is 11.5 Å². The molecule has 2 atom stereocenters. The van der Waals surface area contributed by atoms with Crippen molar-refractivity contribution in [2.75, 3.05) is 0 Å². The Morgan fingerprint density at radius 3 is 1.57 bits per heavy atom. The van der Waals surface area contributed by atoms with Crippen LogP contribution in [0.1, 0.15) is 36.1 Å². The lowest BCUT2D eigenvalue weighted by molar-refractivity contribution is -0.194. The van der Waals surface area contributed by atoms with Crippen molar-refractivity contribution in [3.8, 4) is 11.5 Å². The molecule has 2 aromatic carbocycles. The number of hydrogen-bond donors (Lipinski definition) is 2. The van der Waals surface area contributed by atoms with Crippen molar-refractivity contribution in [3.05, 3.63) is 108 Å². The monoisotopic (exact) mass is 470 g/mol. The summed E-state index contributed by atoms with van der Waals surface area (Å²) in [5.41, 5.74) is 2.20. The van der Waals surface area contributed by atoms with Gasteiger partial charge in [-0.15, -0.1) is 0 Å². The van der Waals surface area contributed by atoms with Gasteiger partial charge in [-0.05, 0) is 49.2 Å². The Kier molecular flexibility index (Phi) is 5.24. The predicted molar refractivity (Wildman–Crippen MR) is 132 cm³/mol. The second-order valence-electron chi connectivity index (χ2n) is 10.0. The van der Waals surface area contributed by atoms with Gasteiger partial charge in [0.05, 0.1) is 30.5 Å². The molecule has 6 heteroatoms. The first kappa shape index (κ1) is 22.0. The van der Waals surface area contributed by atoms with E-state index in [4.69, 9.17) is 18.3 Å². The van der Waals surface area contributed by atoms with Gasteiger partial charge in [-0.25, -0.2) is 0 Å². The first-order valence-corrected chi connectivity index (χ1v) is 12.1. The van der Waals surface area contributed by atoms with Crippen LogP contribution in [0.25, 0.3) is 0 Å². The van der Waals surface area contributed by atoms with Crippen LogP contribution in [0.4, 0.5) is 0 Å². The highest BCUT2D eigenvalue weighted by Crippen LogP contribution is 2.50. The first-order valence-electron chi connectivity index (χ1n) is 12.1. The Morgan fingerprint density at radius 2 is 1.14 bits per heavy atom. The average molecular weight is 471 g/mol. The number of rotatable bonds is 6. The molecule has 6 nitrogen and oxygen atoms in total. The van der Waals surface area contributed by atoms with Crippen LogP contribution >= 0.6 is 0 Å².